The van der Waals surface area contributed by atoms with Crippen LogP contribution in [0.1, 0.15) is 55.8 Å². The van der Waals surface area contributed by atoms with Crippen molar-refractivity contribution in [3.63, 3.8) is 0 Å². The highest BCUT2D eigenvalue weighted by Gasteiger charge is 2.49. The monoisotopic (exact) mass is 960 g/mol. The van der Waals surface area contributed by atoms with Crippen molar-refractivity contribution in [3.8, 4) is 46.0 Å². The largest absolute Gasteiger partial charge is 0.519 e. The Morgan fingerprint density at radius 3 is 1.14 bits per heavy atom. The van der Waals surface area contributed by atoms with Crippen molar-refractivity contribution in [1.82, 2.24) is 0 Å². The van der Waals surface area contributed by atoms with E-state index in [0.29, 0.717) is 48.7 Å². The lowest BCUT2D eigenvalue weighted by Gasteiger charge is -2.29. The van der Waals surface area contributed by atoms with Gasteiger partial charge in [-0.2, -0.15) is 0 Å². The molecule has 8 rings (SSSR count). The van der Waals surface area contributed by atoms with Crippen LogP contribution in [0.2, 0.25) is 0 Å². The summed E-state index contributed by atoms with van der Waals surface area (Å²) in [5, 5.41) is 0. The Kier molecular flexibility index (Phi) is 15.2. The fourth-order valence-electron chi connectivity index (χ4n) is 8.27. The molecule has 16 heteroatoms. The summed E-state index contributed by atoms with van der Waals surface area (Å²) in [4.78, 5) is 74.6. The third-order valence-electron chi connectivity index (χ3n) is 11.4. The molecule has 360 valence electrons. The van der Waals surface area contributed by atoms with E-state index >= 15 is 0 Å². The Labute approximate surface area is 406 Å². The molecule has 0 aliphatic heterocycles. The first kappa shape index (κ1) is 48.3. The second-order valence-corrected chi connectivity index (χ2v) is 15.8. The molecule has 0 N–H and O–H groups in total. The van der Waals surface area contributed by atoms with E-state index < -0.39 is 41.6 Å². The molecule has 6 aromatic rings. The maximum atomic E-state index is 13.3. The van der Waals surface area contributed by atoms with Crippen molar-refractivity contribution >= 4 is 36.2 Å². The van der Waals surface area contributed by atoms with Gasteiger partial charge in [0.1, 0.15) is 72.4 Å². The molecule has 2 aliphatic rings. The quantitative estimate of drug-likeness (QED) is 0.0259. The minimum atomic E-state index is -0.985. The van der Waals surface area contributed by atoms with Crippen LogP contribution >= 0.6 is 0 Å². The first-order chi connectivity index (χ1) is 34.5. The van der Waals surface area contributed by atoms with E-state index in [1.807, 2.05) is 12.1 Å². The Balaban J connectivity index is 0.852. The fourth-order valence-corrected chi connectivity index (χ4v) is 8.27. The summed E-state index contributed by atoms with van der Waals surface area (Å²) in [6.07, 6.45) is 2.84. The molecule has 6 aromatic carbocycles. The number of aryl methyl sites for hydroxylation is 2. The molecule has 16 nitrogen and oxygen atoms in total. The summed E-state index contributed by atoms with van der Waals surface area (Å²) >= 11 is 0. The smallest absolute Gasteiger partial charge is 0.490 e. The number of esters is 4. The second kappa shape index (κ2) is 22.3. The van der Waals surface area contributed by atoms with Crippen LogP contribution in [0, 0.1) is 0 Å². The number of carbonyl (C=O) groups excluding carboxylic acids is 6. The van der Waals surface area contributed by atoms with Gasteiger partial charge in [0.25, 0.3) is 0 Å². The van der Waals surface area contributed by atoms with E-state index in [1.54, 1.807) is 48.5 Å². The minimum Gasteiger partial charge on any atom is -0.490 e. The number of hydrogen-bond donors (Lipinski definition) is 0. The number of carbonyl (C=O) groups is 6. The fraction of sp³-hybridized carbons (Fsp3) is 0.164. The standard InChI is InChI=1S/C55H44O16/c1-3-47(56)64-33-31-62-39-15-11-37(12-16-39)51(58)66-41-19-23-43(24-20-41)68-53(60)70-45-9-5-7-35-27-29-55(49(35)45)30-28-36-8-6-10-46(50(36)55)71-54(61)69-44-25-21-42(22-26-44)67-52(59)38-13-17-40(18-14-38)63-32-34-65-48(57)4-2/h3-26H,1-2,27-34H2. The zero-order chi connectivity index (χ0) is 49.7. The van der Waals surface area contributed by atoms with Gasteiger partial charge < -0.3 is 47.4 Å². The van der Waals surface area contributed by atoms with Crippen LogP contribution in [0.15, 0.2) is 159 Å². The van der Waals surface area contributed by atoms with E-state index in [4.69, 9.17) is 47.4 Å². The summed E-state index contributed by atoms with van der Waals surface area (Å²) in [6, 6.07) is 35.2. The number of hydrogen-bond acceptors (Lipinski definition) is 16. The molecular formula is C55H44O16. The van der Waals surface area contributed by atoms with E-state index in [-0.39, 0.29) is 60.6 Å². The number of rotatable bonds is 18. The lowest BCUT2D eigenvalue weighted by atomic mass is 9.76. The zero-order valence-electron chi connectivity index (χ0n) is 38.0. The van der Waals surface area contributed by atoms with E-state index in [2.05, 4.69) is 13.2 Å². The maximum Gasteiger partial charge on any atom is 0.519 e. The molecule has 71 heavy (non-hydrogen) atoms. The summed E-state index contributed by atoms with van der Waals surface area (Å²) < 4.78 is 54.6. The van der Waals surface area contributed by atoms with E-state index in [0.717, 1.165) is 34.4 Å². The van der Waals surface area contributed by atoms with Crippen LogP contribution in [-0.4, -0.2) is 62.6 Å². The highest BCUT2D eigenvalue weighted by Crippen LogP contribution is 2.57. The third-order valence-corrected chi connectivity index (χ3v) is 11.4. The van der Waals surface area contributed by atoms with Crippen molar-refractivity contribution in [2.24, 2.45) is 0 Å². The maximum absolute atomic E-state index is 13.3. The summed E-state index contributed by atoms with van der Waals surface area (Å²) in [7, 11) is 0. The minimum absolute atomic E-state index is 0.0411. The van der Waals surface area contributed by atoms with Gasteiger partial charge in [0, 0.05) is 28.7 Å². The summed E-state index contributed by atoms with van der Waals surface area (Å²) in [5.41, 5.74) is 3.43. The zero-order valence-corrected chi connectivity index (χ0v) is 38.0. The lowest BCUT2D eigenvalue weighted by molar-refractivity contribution is -0.139. The lowest BCUT2D eigenvalue weighted by Crippen LogP contribution is -2.25. The highest BCUT2D eigenvalue weighted by molar-refractivity contribution is 5.92. The van der Waals surface area contributed by atoms with Crippen molar-refractivity contribution in [2.75, 3.05) is 26.4 Å². The Bertz CT molecular complexity index is 2760. The Hall–Kier alpha value is -9.18. The topological polar surface area (TPSA) is 195 Å². The molecule has 0 amide bonds. The predicted molar refractivity (Wildman–Crippen MR) is 253 cm³/mol. The third kappa shape index (κ3) is 11.9. The molecule has 0 radical (unpaired) electrons. The first-order valence-electron chi connectivity index (χ1n) is 22.2. The van der Waals surface area contributed by atoms with Crippen LogP contribution in [-0.2, 0) is 37.3 Å². The van der Waals surface area contributed by atoms with Gasteiger partial charge in [0.05, 0.1) is 11.1 Å². The van der Waals surface area contributed by atoms with Gasteiger partial charge in [0.2, 0.25) is 0 Å². The molecule has 0 aromatic heterocycles. The van der Waals surface area contributed by atoms with Gasteiger partial charge in [-0.15, -0.1) is 0 Å². The van der Waals surface area contributed by atoms with Gasteiger partial charge in [-0.05, 0) is 146 Å². The highest BCUT2D eigenvalue weighted by atomic mass is 16.7. The van der Waals surface area contributed by atoms with E-state index in [9.17, 15) is 28.8 Å². The SMILES string of the molecule is C=CC(=O)OCCOc1ccc(C(=O)Oc2ccc(OC(=O)Oc3cccc4c3C3(CC4)CCc4cccc(OC(=O)Oc5ccc(OC(=O)c6ccc(OCCOC(=O)C=C)cc6)cc5)c43)cc2)cc1. The average Bonchev–Trinajstić information content (AvgIpc) is 3.96. The van der Waals surface area contributed by atoms with Gasteiger partial charge >= 0.3 is 36.2 Å². The summed E-state index contributed by atoms with van der Waals surface area (Å²) in [5.74, 6) is -0.109. The Morgan fingerprint density at radius 1 is 0.423 bits per heavy atom. The molecule has 0 saturated carbocycles. The molecule has 0 bridgehead atoms. The number of benzene rings is 6. The van der Waals surface area contributed by atoms with Gasteiger partial charge in [-0.3, -0.25) is 0 Å². The van der Waals surface area contributed by atoms with Crippen molar-refractivity contribution in [2.45, 2.75) is 31.1 Å². The summed E-state index contributed by atoms with van der Waals surface area (Å²) in [6.45, 7) is 6.98. The predicted octanol–water partition coefficient (Wildman–Crippen LogP) is 9.68. The molecule has 2 aliphatic carbocycles. The number of fused-ring (bicyclic) bond motifs is 4. The molecule has 0 atom stereocenters. The molecular weight excluding hydrogens is 917 g/mol. The van der Waals surface area contributed by atoms with Crippen LogP contribution in [0.4, 0.5) is 9.59 Å². The second-order valence-electron chi connectivity index (χ2n) is 15.8. The molecule has 0 unspecified atom stereocenters. The molecule has 0 saturated heterocycles. The molecule has 0 heterocycles. The van der Waals surface area contributed by atoms with Crippen molar-refractivity contribution in [1.29, 1.82) is 0 Å². The van der Waals surface area contributed by atoms with Gasteiger partial charge in [0.15, 0.2) is 0 Å². The van der Waals surface area contributed by atoms with Gasteiger partial charge in [-0.25, -0.2) is 28.8 Å². The van der Waals surface area contributed by atoms with Crippen LogP contribution < -0.4 is 37.9 Å². The first-order valence-corrected chi connectivity index (χ1v) is 22.2. The van der Waals surface area contributed by atoms with Crippen LogP contribution in [0.3, 0.4) is 0 Å². The normalized spacial score (nSPS) is 12.5. The van der Waals surface area contributed by atoms with Gasteiger partial charge in [-0.1, -0.05) is 37.4 Å². The molecule has 0 fully saturated rings. The van der Waals surface area contributed by atoms with Crippen molar-refractivity contribution in [3.05, 3.63) is 192 Å². The number of ether oxygens (including phenoxy) is 10. The van der Waals surface area contributed by atoms with Crippen LogP contribution in [0.25, 0.3) is 0 Å². The van der Waals surface area contributed by atoms with Crippen molar-refractivity contribution < 1.29 is 76.1 Å². The van der Waals surface area contributed by atoms with Crippen LogP contribution in [0.5, 0.6) is 46.0 Å². The average molecular weight is 961 g/mol. The Morgan fingerprint density at radius 2 is 0.775 bits per heavy atom. The van der Waals surface area contributed by atoms with E-state index in [1.165, 1.54) is 72.8 Å². The molecule has 1 spiro atoms.